The molecule has 2 amide bonds. The number of aliphatic hydroxyl groups is 2. The van der Waals surface area contributed by atoms with Gasteiger partial charge in [-0.1, -0.05) is 51.8 Å². The Bertz CT molecular complexity index is 1810. The molecule has 2 aromatic heterocycles. The predicted octanol–water partition coefficient (Wildman–Crippen LogP) is 0.254. The summed E-state index contributed by atoms with van der Waals surface area (Å²) in [7, 11) is -16.4. The molecule has 1 aliphatic heterocycles. The van der Waals surface area contributed by atoms with E-state index in [1.54, 1.807) is 0 Å². The average molecular weight is 903 g/mol. The van der Waals surface area contributed by atoms with E-state index in [0.717, 1.165) is 54.7 Å². The number of unbranched alkanes of at least 4 members (excludes halogenated alkanes) is 3. The Morgan fingerprint density at radius 1 is 1.02 bits per heavy atom. The molecular formula is C28H48N7NaO17P3S. The summed E-state index contributed by atoms with van der Waals surface area (Å²) in [5.74, 6) is -1.04. The van der Waals surface area contributed by atoms with Gasteiger partial charge in [0.15, 0.2) is 22.8 Å². The van der Waals surface area contributed by atoms with Gasteiger partial charge < -0.3 is 50.9 Å². The Morgan fingerprint density at radius 2 is 1.70 bits per heavy atom. The summed E-state index contributed by atoms with van der Waals surface area (Å²) in [6.07, 6.45) is -2.45. The van der Waals surface area contributed by atoms with Crippen molar-refractivity contribution < 1.29 is 80.5 Å². The molecule has 1 aliphatic rings. The number of hydrogen-bond acceptors (Lipinski definition) is 18. The molecule has 319 valence electrons. The van der Waals surface area contributed by atoms with Crippen LogP contribution in [0.1, 0.15) is 65.5 Å². The van der Waals surface area contributed by atoms with E-state index in [2.05, 4.69) is 41.3 Å². The van der Waals surface area contributed by atoms with Crippen molar-refractivity contribution in [1.82, 2.24) is 30.2 Å². The quantitative estimate of drug-likeness (QED) is 0.0387. The Morgan fingerprint density at radius 3 is 2.37 bits per heavy atom. The second-order valence-corrected chi connectivity index (χ2v) is 18.5. The number of phosphoric ester groups is 3. The van der Waals surface area contributed by atoms with Crippen LogP contribution in [-0.4, -0.2) is 152 Å². The molecular weight excluding hydrogens is 854 g/mol. The number of anilines is 1. The normalized spacial score (nSPS) is 21.3. The van der Waals surface area contributed by atoms with Crippen LogP contribution >= 0.6 is 35.2 Å². The summed E-state index contributed by atoms with van der Waals surface area (Å²) < 4.78 is 62.1. The maximum absolute atomic E-state index is 12.7. The molecule has 3 heterocycles. The van der Waals surface area contributed by atoms with Crippen molar-refractivity contribution in [2.75, 3.05) is 37.8 Å². The minimum Gasteiger partial charge on any atom is -0.386 e. The van der Waals surface area contributed by atoms with E-state index in [1.165, 1.54) is 13.8 Å². The number of rotatable bonds is 24. The molecule has 0 bridgehead atoms. The van der Waals surface area contributed by atoms with Crippen molar-refractivity contribution in [3.63, 3.8) is 0 Å². The van der Waals surface area contributed by atoms with Crippen LogP contribution in [0.3, 0.4) is 0 Å². The van der Waals surface area contributed by atoms with Crippen molar-refractivity contribution in [1.29, 1.82) is 0 Å². The molecule has 0 aromatic carbocycles. The number of nitrogens with zero attached hydrogens (tertiary/aromatic N) is 4. The van der Waals surface area contributed by atoms with Gasteiger partial charge in [-0.05, 0) is 6.42 Å². The Balaban J connectivity index is 0.0000112. The van der Waals surface area contributed by atoms with E-state index >= 15 is 0 Å². The molecule has 1 fully saturated rings. The fraction of sp³-hybridized carbons (Fsp3) is 0.714. The van der Waals surface area contributed by atoms with Crippen LogP contribution < -0.4 is 16.4 Å². The van der Waals surface area contributed by atoms with Crippen molar-refractivity contribution in [2.45, 2.75) is 89.9 Å². The van der Waals surface area contributed by atoms with Gasteiger partial charge in [-0.3, -0.25) is 32.5 Å². The van der Waals surface area contributed by atoms with Crippen LogP contribution in [-0.2, 0) is 50.7 Å². The van der Waals surface area contributed by atoms with E-state index in [9.17, 15) is 57.9 Å². The third kappa shape index (κ3) is 16.9. The smallest absolute Gasteiger partial charge is 0.386 e. The first-order valence-electron chi connectivity index (χ1n) is 17.1. The second kappa shape index (κ2) is 23.0. The van der Waals surface area contributed by atoms with Crippen LogP contribution in [0.25, 0.3) is 11.2 Å². The predicted molar refractivity (Wildman–Crippen MR) is 202 cm³/mol. The summed E-state index contributed by atoms with van der Waals surface area (Å²) in [5, 5.41) is 26.4. The number of aliphatic hydroxyl groups excluding tert-OH is 2. The number of amides is 2. The van der Waals surface area contributed by atoms with Gasteiger partial charge in [-0.15, -0.1) is 0 Å². The fourth-order valence-electron chi connectivity index (χ4n) is 5.06. The minimum atomic E-state index is -5.56. The summed E-state index contributed by atoms with van der Waals surface area (Å²) in [6, 6.07) is 0. The summed E-state index contributed by atoms with van der Waals surface area (Å²) in [5.41, 5.74) is 4.27. The van der Waals surface area contributed by atoms with Crippen molar-refractivity contribution in [2.24, 2.45) is 5.41 Å². The van der Waals surface area contributed by atoms with E-state index in [4.69, 9.17) is 19.5 Å². The largest absolute Gasteiger partial charge is 0.481 e. The SMILES string of the molecule is CCCCCCC(=O)SCCNC(=O)CCNC(=O)[C@H](O)C(C)(C)COP(=O)(O)OP(=O)(O)OC[C@H]1O[C@@H](n2cnc3c(N)ncnc32)[C@H](O)[C@@H]1OP(=O)(O)O.[Na]. The number of nitrogens with one attached hydrogen (secondary N) is 2. The molecule has 57 heavy (non-hydrogen) atoms. The van der Waals surface area contributed by atoms with Gasteiger partial charge in [0.05, 0.1) is 19.5 Å². The van der Waals surface area contributed by atoms with Gasteiger partial charge in [0, 0.05) is 66.7 Å². The average Bonchev–Trinajstić information content (AvgIpc) is 3.66. The molecule has 3 rings (SSSR count). The second-order valence-electron chi connectivity index (χ2n) is 13.1. The Labute approximate surface area is 353 Å². The summed E-state index contributed by atoms with van der Waals surface area (Å²) >= 11 is 1.13. The number of nitrogen functional groups attached to an aromatic ring is 1. The van der Waals surface area contributed by atoms with Crippen LogP contribution in [0.15, 0.2) is 12.7 Å². The molecule has 0 spiro atoms. The van der Waals surface area contributed by atoms with E-state index in [-0.39, 0.29) is 71.2 Å². The number of carbonyl (C=O) groups is 3. The van der Waals surface area contributed by atoms with Gasteiger partial charge in [0.1, 0.15) is 36.3 Å². The zero-order valence-corrected chi connectivity index (χ0v) is 37.1. The zero-order valence-electron chi connectivity index (χ0n) is 31.6. The van der Waals surface area contributed by atoms with Gasteiger partial charge in [0.2, 0.25) is 11.8 Å². The number of nitrogens with two attached hydrogens (primary N) is 1. The maximum Gasteiger partial charge on any atom is 0.481 e. The molecule has 7 atom stereocenters. The topological polar surface area (TPSA) is 364 Å². The fourth-order valence-corrected chi connectivity index (χ4v) is 8.61. The molecule has 0 saturated carbocycles. The standard InChI is InChI=1S/C28H48N7O17P3S.Na/c1-4-5-6-7-8-19(37)56-12-11-30-18(36)9-10-31-26(40)23(39)28(2,3)14-49-55(46,47)52-54(44,45)48-13-17-22(51-53(41,42)43)21(38)27(50-17)35-16-34-20-24(29)32-15-33-25(20)35;/h15-17,21-23,27,38-39H,4-14H2,1-3H3,(H,30,36)(H,31,40)(H,44,45)(H,46,47)(H2,29,32,33)(H2,41,42,43);/t17-,21-,22-,23+,27-;/m1./s1. The maximum atomic E-state index is 12.7. The Kier molecular flexibility index (Phi) is 20.8. The van der Waals surface area contributed by atoms with Gasteiger partial charge in [0.25, 0.3) is 0 Å². The van der Waals surface area contributed by atoms with Crippen LogP contribution in [0.5, 0.6) is 0 Å². The number of hydrogen-bond donors (Lipinski definition) is 9. The summed E-state index contributed by atoms with van der Waals surface area (Å²) in [4.78, 5) is 87.5. The first kappa shape index (κ1) is 51.7. The number of thioether (sulfide) groups is 1. The van der Waals surface area contributed by atoms with E-state index in [0.29, 0.717) is 12.2 Å². The van der Waals surface area contributed by atoms with E-state index < -0.39 is 84.6 Å². The van der Waals surface area contributed by atoms with Crippen molar-refractivity contribution >= 4 is 98.7 Å². The van der Waals surface area contributed by atoms with Gasteiger partial charge >= 0.3 is 23.5 Å². The molecule has 24 nitrogen and oxygen atoms in total. The molecule has 2 aromatic rings. The molecule has 0 aliphatic carbocycles. The molecule has 1 radical (unpaired) electrons. The van der Waals surface area contributed by atoms with E-state index in [1.807, 2.05) is 0 Å². The summed E-state index contributed by atoms with van der Waals surface area (Å²) in [6.45, 7) is 2.64. The number of fused-ring (bicyclic) bond motifs is 1. The van der Waals surface area contributed by atoms with Gasteiger partial charge in [-0.2, -0.15) is 4.31 Å². The van der Waals surface area contributed by atoms with Crippen LogP contribution in [0.2, 0.25) is 0 Å². The minimum absolute atomic E-state index is 0. The third-order valence-corrected chi connectivity index (χ3v) is 12.0. The Hall–Kier alpha value is -1.44. The molecule has 1 saturated heterocycles. The molecule has 29 heteroatoms. The third-order valence-electron chi connectivity index (χ3n) is 8.00. The first-order valence-corrected chi connectivity index (χ1v) is 22.6. The van der Waals surface area contributed by atoms with Crippen LogP contribution in [0.4, 0.5) is 5.82 Å². The number of imidazole rings is 1. The molecule has 10 N–H and O–H groups in total. The zero-order chi connectivity index (χ0) is 41.9. The number of carbonyl (C=O) groups excluding carboxylic acids is 3. The van der Waals surface area contributed by atoms with Gasteiger partial charge in [-0.25, -0.2) is 28.6 Å². The molecule has 2 unspecified atom stereocenters. The van der Waals surface area contributed by atoms with Crippen LogP contribution in [0, 0.1) is 5.41 Å². The number of aromatic nitrogens is 4. The van der Waals surface area contributed by atoms with Crippen molar-refractivity contribution in [3.8, 4) is 0 Å². The monoisotopic (exact) mass is 902 g/mol. The first-order chi connectivity index (χ1) is 26.1. The number of phosphoric acid groups is 3. The van der Waals surface area contributed by atoms with Crippen molar-refractivity contribution in [3.05, 3.63) is 12.7 Å². The number of ether oxygens (including phenoxy) is 1.